The van der Waals surface area contributed by atoms with Gasteiger partial charge in [-0.1, -0.05) is 36.4 Å². The second kappa shape index (κ2) is 6.66. The Bertz CT molecular complexity index is 514. The molecule has 1 atom stereocenters. The molecule has 0 aliphatic rings. The minimum atomic E-state index is -1.03. The zero-order valence-corrected chi connectivity index (χ0v) is 10.5. The number of aliphatic hydroxyl groups is 1. The van der Waals surface area contributed by atoms with Gasteiger partial charge in [0.2, 0.25) is 5.91 Å². The quantitative estimate of drug-likeness (QED) is 0.847. The molecular formula is C15H16N2O2. The Kier molecular flexibility index (Phi) is 4.64. The average molecular weight is 256 g/mol. The SMILES string of the molecule is O=C(NCc1cccnc1)C(O)Cc1ccccc1. The van der Waals surface area contributed by atoms with Crippen LogP contribution in [0.15, 0.2) is 54.9 Å². The Balaban J connectivity index is 1.83. The molecule has 0 radical (unpaired) electrons. The van der Waals surface area contributed by atoms with Gasteiger partial charge in [0.05, 0.1) is 0 Å². The zero-order chi connectivity index (χ0) is 13.5. The first-order valence-electron chi connectivity index (χ1n) is 6.14. The summed E-state index contributed by atoms with van der Waals surface area (Å²) in [5, 5.41) is 12.5. The van der Waals surface area contributed by atoms with E-state index in [0.717, 1.165) is 11.1 Å². The van der Waals surface area contributed by atoms with Crippen molar-refractivity contribution in [2.75, 3.05) is 0 Å². The van der Waals surface area contributed by atoms with Gasteiger partial charge >= 0.3 is 0 Å². The second-order valence-electron chi connectivity index (χ2n) is 4.28. The van der Waals surface area contributed by atoms with Crippen LogP contribution in [0.4, 0.5) is 0 Å². The molecule has 0 saturated heterocycles. The Labute approximate surface area is 112 Å². The van der Waals surface area contributed by atoms with Crippen LogP contribution >= 0.6 is 0 Å². The predicted molar refractivity (Wildman–Crippen MR) is 72.2 cm³/mol. The van der Waals surface area contributed by atoms with Gasteiger partial charge in [0, 0.05) is 25.4 Å². The molecule has 1 amide bonds. The minimum absolute atomic E-state index is 0.319. The van der Waals surface area contributed by atoms with Crippen molar-refractivity contribution in [1.82, 2.24) is 10.3 Å². The van der Waals surface area contributed by atoms with Crippen LogP contribution in [0.2, 0.25) is 0 Å². The summed E-state index contributed by atoms with van der Waals surface area (Å²) in [7, 11) is 0. The molecule has 0 spiro atoms. The summed E-state index contributed by atoms with van der Waals surface area (Å²) in [6, 6.07) is 13.1. The van der Waals surface area contributed by atoms with E-state index >= 15 is 0 Å². The van der Waals surface area contributed by atoms with Crippen LogP contribution in [0.1, 0.15) is 11.1 Å². The molecule has 0 saturated carbocycles. The van der Waals surface area contributed by atoms with Crippen molar-refractivity contribution in [2.45, 2.75) is 19.1 Å². The summed E-state index contributed by atoms with van der Waals surface area (Å²) in [5.74, 6) is -0.368. The number of pyridine rings is 1. The first kappa shape index (κ1) is 13.2. The highest BCUT2D eigenvalue weighted by Crippen LogP contribution is 2.03. The van der Waals surface area contributed by atoms with Crippen LogP contribution in [-0.2, 0) is 17.8 Å². The highest BCUT2D eigenvalue weighted by Gasteiger charge is 2.14. The molecular weight excluding hydrogens is 240 g/mol. The van der Waals surface area contributed by atoms with E-state index in [1.807, 2.05) is 42.5 Å². The van der Waals surface area contributed by atoms with E-state index in [4.69, 9.17) is 0 Å². The smallest absolute Gasteiger partial charge is 0.249 e. The Morgan fingerprint density at radius 2 is 1.89 bits per heavy atom. The van der Waals surface area contributed by atoms with Crippen LogP contribution in [0, 0.1) is 0 Å². The van der Waals surface area contributed by atoms with Crippen molar-refractivity contribution in [3.8, 4) is 0 Å². The van der Waals surface area contributed by atoms with Gasteiger partial charge in [-0.25, -0.2) is 0 Å². The Morgan fingerprint density at radius 1 is 1.16 bits per heavy atom. The van der Waals surface area contributed by atoms with Crippen LogP contribution in [0.3, 0.4) is 0 Å². The fourth-order valence-electron chi connectivity index (χ4n) is 1.74. The lowest BCUT2D eigenvalue weighted by molar-refractivity contribution is -0.129. The average Bonchev–Trinajstić information content (AvgIpc) is 2.47. The van der Waals surface area contributed by atoms with E-state index in [1.165, 1.54) is 0 Å². The maximum atomic E-state index is 11.7. The highest BCUT2D eigenvalue weighted by atomic mass is 16.3. The van der Waals surface area contributed by atoms with Gasteiger partial charge < -0.3 is 10.4 Å². The van der Waals surface area contributed by atoms with Crippen molar-refractivity contribution in [3.05, 3.63) is 66.0 Å². The van der Waals surface area contributed by atoms with E-state index < -0.39 is 6.10 Å². The van der Waals surface area contributed by atoms with Gasteiger partial charge in [-0.2, -0.15) is 0 Å². The van der Waals surface area contributed by atoms with E-state index in [0.29, 0.717) is 13.0 Å². The second-order valence-corrected chi connectivity index (χ2v) is 4.28. The van der Waals surface area contributed by atoms with E-state index in [-0.39, 0.29) is 5.91 Å². The standard InChI is InChI=1S/C15H16N2O2/c18-14(9-12-5-2-1-3-6-12)15(19)17-11-13-7-4-8-16-10-13/h1-8,10,14,18H,9,11H2,(H,17,19). The summed E-state index contributed by atoms with van der Waals surface area (Å²) in [6.07, 6.45) is 2.65. The molecule has 0 aliphatic heterocycles. The number of amides is 1. The molecule has 1 aromatic carbocycles. The summed E-state index contributed by atoms with van der Waals surface area (Å²) in [4.78, 5) is 15.7. The van der Waals surface area contributed by atoms with Gasteiger partial charge in [-0.3, -0.25) is 9.78 Å². The first-order valence-corrected chi connectivity index (χ1v) is 6.14. The largest absolute Gasteiger partial charge is 0.383 e. The van der Waals surface area contributed by atoms with Crippen molar-refractivity contribution >= 4 is 5.91 Å². The number of carbonyl (C=O) groups is 1. The summed E-state index contributed by atoms with van der Waals surface area (Å²) in [5.41, 5.74) is 1.84. The molecule has 2 aromatic rings. The first-order chi connectivity index (χ1) is 9.25. The third kappa shape index (κ3) is 4.19. The maximum Gasteiger partial charge on any atom is 0.249 e. The lowest BCUT2D eigenvalue weighted by Crippen LogP contribution is -2.35. The lowest BCUT2D eigenvalue weighted by Gasteiger charge is -2.11. The maximum absolute atomic E-state index is 11.7. The number of aromatic nitrogens is 1. The fraction of sp³-hybridized carbons (Fsp3) is 0.200. The zero-order valence-electron chi connectivity index (χ0n) is 10.5. The van der Waals surface area contributed by atoms with Gasteiger partial charge in [-0.15, -0.1) is 0 Å². The van der Waals surface area contributed by atoms with Crippen molar-refractivity contribution < 1.29 is 9.90 Å². The van der Waals surface area contributed by atoms with Crippen molar-refractivity contribution in [3.63, 3.8) is 0 Å². The topological polar surface area (TPSA) is 62.2 Å². The number of carbonyl (C=O) groups excluding carboxylic acids is 1. The number of hydrogen-bond acceptors (Lipinski definition) is 3. The highest BCUT2D eigenvalue weighted by molar-refractivity contribution is 5.80. The third-order valence-electron chi connectivity index (χ3n) is 2.76. The monoisotopic (exact) mass is 256 g/mol. The van der Waals surface area contributed by atoms with Gasteiger partial charge in [0.1, 0.15) is 6.10 Å². The molecule has 1 heterocycles. The third-order valence-corrected chi connectivity index (χ3v) is 2.76. The van der Waals surface area contributed by atoms with Gasteiger partial charge in [0.25, 0.3) is 0 Å². The number of nitrogens with one attached hydrogen (secondary N) is 1. The number of nitrogens with zero attached hydrogens (tertiary/aromatic N) is 1. The van der Waals surface area contributed by atoms with E-state index in [9.17, 15) is 9.90 Å². The normalized spacial score (nSPS) is 11.8. The van der Waals surface area contributed by atoms with Gasteiger partial charge in [-0.05, 0) is 17.2 Å². The molecule has 4 nitrogen and oxygen atoms in total. The molecule has 0 aliphatic carbocycles. The van der Waals surface area contributed by atoms with Gasteiger partial charge in [0.15, 0.2) is 0 Å². The van der Waals surface area contributed by atoms with Crippen LogP contribution < -0.4 is 5.32 Å². The molecule has 1 unspecified atom stereocenters. The number of benzene rings is 1. The minimum Gasteiger partial charge on any atom is -0.383 e. The molecule has 19 heavy (non-hydrogen) atoms. The molecule has 2 rings (SSSR count). The summed E-state index contributed by atoms with van der Waals surface area (Å²) < 4.78 is 0. The lowest BCUT2D eigenvalue weighted by atomic mass is 10.1. The Morgan fingerprint density at radius 3 is 2.58 bits per heavy atom. The molecule has 0 bridgehead atoms. The number of rotatable bonds is 5. The van der Waals surface area contributed by atoms with Crippen LogP contribution in [0.5, 0.6) is 0 Å². The molecule has 2 N–H and O–H groups in total. The summed E-state index contributed by atoms with van der Waals surface area (Å²) in [6.45, 7) is 0.374. The van der Waals surface area contributed by atoms with E-state index in [1.54, 1.807) is 12.4 Å². The molecule has 1 aromatic heterocycles. The van der Waals surface area contributed by atoms with Crippen molar-refractivity contribution in [2.24, 2.45) is 0 Å². The van der Waals surface area contributed by atoms with Crippen LogP contribution in [-0.4, -0.2) is 22.1 Å². The molecule has 0 fully saturated rings. The number of aliphatic hydroxyl groups excluding tert-OH is 1. The molecule has 4 heteroatoms. The Hall–Kier alpha value is -2.20. The predicted octanol–water partition coefficient (Wildman–Crippen LogP) is 1.30. The van der Waals surface area contributed by atoms with Crippen molar-refractivity contribution in [1.29, 1.82) is 0 Å². The van der Waals surface area contributed by atoms with E-state index in [2.05, 4.69) is 10.3 Å². The van der Waals surface area contributed by atoms with Crippen LogP contribution in [0.25, 0.3) is 0 Å². The molecule has 98 valence electrons. The number of hydrogen-bond donors (Lipinski definition) is 2. The summed E-state index contributed by atoms with van der Waals surface area (Å²) >= 11 is 0. The fourth-order valence-corrected chi connectivity index (χ4v) is 1.74.